The van der Waals surface area contributed by atoms with Gasteiger partial charge in [-0.25, -0.2) is 0 Å². The zero-order valence-corrected chi connectivity index (χ0v) is 16.3. The van der Waals surface area contributed by atoms with E-state index in [0.29, 0.717) is 22.9 Å². The minimum Gasteiger partial charge on any atom is -0.480 e. The maximum absolute atomic E-state index is 11.8. The van der Waals surface area contributed by atoms with E-state index in [9.17, 15) is 9.90 Å². The first-order valence-corrected chi connectivity index (χ1v) is 9.74. The molecule has 0 aliphatic heterocycles. The average molecular weight is 399 g/mol. The predicted octanol–water partition coefficient (Wildman–Crippen LogP) is 6.23. The van der Waals surface area contributed by atoms with Crippen LogP contribution in [0, 0.1) is 6.92 Å². The lowest BCUT2D eigenvalue weighted by Crippen LogP contribution is -2.19. The highest BCUT2D eigenvalue weighted by atomic mass is 35.5. The van der Waals surface area contributed by atoms with Gasteiger partial charge in [-0.3, -0.25) is 4.79 Å². The van der Waals surface area contributed by atoms with Crippen LogP contribution in [-0.2, 0) is 11.2 Å². The molecule has 0 fully saturated rings. The van der Waals surface area contributed by atoms with Crippen LogP contribution in [-0.4, -0.2) is 16.3 Å². The van der Waals surface area contributed by atoms with Crippen LogP contribution in [0.4, 0.5) is 0 Å². The van der Waals surface area contributed by atoms with Gasteiger partial charge >= 0.3 is 5.97 Å². The Bertz CT molecular complexity index is 911. The number of ether oxygens (including phenoxy) is 1. The van der Waals surface area contributed by atoms with Crippen molar-refractivity contribution in [3.63, 3.8) is 0 Å². The SMILES string of the molecule is Cc1ccc(S[C@H](Cc2cc(Cl)ccc2Oc2ccccc2)C(=O)O)cc1. The van der Waals surface area contributed by atoms with E-state index in [-0.39, 0.29) is 0 Å². The molecule has 1 atom stereocenters. The molecule has 5 heteroatoms. The number of para-hydroxylation sites is 1. The monoisotopic (exact) mass is 398 g/mol. The minimum atomic E-state index is -0.869. The molecule has 0 radical (unpaired) electrons. The smallest absolute Gasteiger partial charge is 0.317 e. The molecule has 3 aromatic carbocycles. The molecule has 0 saturated carbocycles. The van der Waals surface area contributed by atoms with Crippen LogP contribution in [0.25, 0.3) is 0 Å². The Labute approximate surface area is 168 Å². The van der Waals surface area contributed by atoms with Crippen molar-refractivity contribution in [2.45, 2.75) is 23.5 Å². The van der Waals surface area contributed by atoms with E-state index in [2.05, 4.69) is 0 Å². The van der Waals surface area contributed by atoms with Gasteiger partial charge in [0.15, 0.2) is 0 Å². The average Bonchev–Trinajstić information content (AvgIpc) is 2.66. The van der Waals surface area contributed by atoms with Gasteiger partial charge in [0.2, 0.25) is 0 Å². The Hall–Kier alpha value is -2.43. The summed E-state index contributed by atoms with van der Waals surface area (Å²) in [6, 6.07) is 22.5. The molecule has 27 heavy (non-hydrogen) atoms. The second kappa shape index (κ2) is 8.98. The lowest BCUT2D eigenvalue weighted by Gasteiger charge is -2.16. The highest BCUT2D eigenvalue weighted by Gasteiger charge is 2.22. The number of hydrogen-bond donors (Lipinski definition) is 1. The fraction of sp³-hybridized carbons (Fsp3) is 0.136. The molecule has 0 amide bonds. The summed E-state index contributed by atoms with van der Waals surface area (Å²) >= 11 is 7.47. The van der Waals surface area contributed by atoms with Crippen molar-refractivity contribution in [2.75, 3.05) is 0 Å². The van der Waals surface area contributed by atoms with E-state index in [1.807, 2.05) is 61.5 Å². The molecule has 1 N–H and O–H groups in total. The van der Waals surface area contributed by atoms with Crippen molar-refractivity contribution in [3.8, 4) is 11.5 Å². The van der Waals surface area contributed by atoms with Crippen molar-refractivity contribution < 1.29 is 14.6 Å². The van der Waals surface area contributed by atoms with Crippen LogP contribution in [0.5, 0.6) is 11.5 Å². The van der Waals surface area contributed by atoms with Crippen molar-refractivity contribution in [1.82, 2.24) is 0 Å². The molecular weight excluding hydrogens is 380 g/mol. The van der Waals surface area contributed by atoms with Gasteiger partial charge in [0.05, 0.1) is 0 Å². The first kappa shape index (κ1) is 19.3. The van der Waals surface area contributed by atoms with Crippen LogP contribution in [0.15, 0.2) is 77.7 Å². The van der Waals surface area contributed by atoms with Gasteiger partial charge in [-0.2, -0.15) is 0 Å². The lowest BCUT2D eigenvalue weighted by atomic mass is 10.1. The first-order chi connectivity index (χ1) is 13.0. The molecule has 0 aromatic heterocycles. The second-order valence-electron chi connectivity index (χ2n) is 6.13. The highest BCUT2D eigenvalue weighted by molar-refractivity contribution is 8.00. The van der Waals surface area contributed by atoms with E-state index in [0.717, 1.165) is 16.0 Å². The van der Waals surface area contributed by atoms with Crippen LogP contribution in [0.3, 0.4) is 0 Å². The molecule has 0 bridgehead atoms. The van der Waals surface area contributed by atoms with Crippen molar-refractivity contribution >= 4 is 29.3 Å². The van der Waals surface area contributed by atoms with Crippen molar-refractivity contribution in [3.05, 3.63) is 88.9 Å². The zero-order chi connectivity index (χ0) is 19.2. The molecule has 3 nitrogen and oxygen atoms in total. The number of carbonyl (C=O) groups is 1. The number of halogens is 1. The van der Waals surface area contributed by atoms with E-state index < -0.39 is 11.2 Å². The summed E-state index contributed by atoms with van der Waals surface area (Å²) in [5.41, 5.74) is 1.90. The summed E-state index contributed by atoms with van der Waals surface area (Å²) in [5, 5.41) is 9.61. The topological polar surface area (TPSA) is 46.5 Å². The molecule has 3 rings (SSSR count). The van der Waals surface area contributed by atoms with Crippen LogP contribution in [0.1, 0.15) is 11.1 Å². The Morgan fingerprint density at radius 1 is 1.07 bits per heavy atom. The van der Waals surface area contributed by atoms with Gasteiger partial charge in [0, 0.05) is 9.92 Å². The Balaban J connectivity index is 1.83. The number of benzene rings is 3. The number of aliphatic carboxylic acids is 1. The summed E-state index contributed by atoms with van der Waals surface area (Å²) in [4.78, 5) is 12.8. The molecule has 138 valence electrons. The number of carboxylic acid groups (broad SMARTS) is 1. The van der Waals surface area contributed by atoms with E-state index in [4.69, 9.17) is 16.3 Å². The largest absolute Gasteiger partial charge is 0.480 e. The molecule has 0 saturated heterocycles. The highest BCUT2D eigenvalue weighted by Crippen LogP contribution is 2.33. The molecule has 0 spiro atoms. The Morgan fingerprint density at radius 2 is 1.78 bits per heavy atom. The van der Waals surface area contributed by atoms with Crippen LogP contribution < -0.4 is 4.74 Å². The number of carboxylic acids is 1. The van der Waals surface area contributed by atoms with Gasteiger partial charge in [-0.1, -0.05) is 47.5 Å². The fourth-order valence-electron chi connectivity index (χ4n) is 2.58. The van der Waals surface area contributed by atoms with Gasteiger partial charge in [0.1, 0.15) is 16.7 Å². The number of aryl methyl sites for hydroxylation is 1. The number of hydrogen-bond acceptors (Lipinski definition) is 3. The number of thioether (sulfide) groups is 1. The second-order valence-corrected chi connectivity index (χ2v) is 7.84. The molecule has 0 unspecified atom stereocenters. The van der Waals surface area contributed by atoms with E-state index in [1.165, 1.54) is 11.8 Å². The van der Waals surface area contributed by atoms with Crippen molar-refractivity contribution in [2.24, 2.45) is 0 Å². The summed E-state index contributed by atoms with van der Waals surface area (Å²) in [6.45, 7) is 2.00. The van der Waals surface area contributed by atoms with Gasteiger partial charge in [0.25, 0.3) is 0 Å². The maximum atomic E-state index is 11.8. The first-order valence-electron chi connectivity index (χ1n) is 8.49. The summed E-state index contributed by atoms with van der Waals surface area (Å²) < 4.78 is 5.95. The van der Waals surface area contributed by atoms with E-state index in [1.54, 1.807) is 18.2 Å². The molecular formula is C22H19ClO3S. The van der Waals surface area contributed by atoms with Gasteiger partial charge < -0.3 is 9.84 Å². The minimum absolute atomic E-state index is 0.302. The zero-order valence-electron chi connectivity index (χ0n) is 14.8. The molecule has 0 aliphatic rings. The Kier molecular flexibility index (Phi) is 6.43. The maximum Gasteiger partial charge on any atom is 0.317 e. The normalized spacial score (nSPS) is 11.8. The predicted molar refractivity (Wildman–Crippen MR) is 110 cm³/mol. The van der Waals surface area contributed by atoms with Gasteiger partial charge in [-0.15, -0.1) is 11.8 Å². The fourth-order valence-corrected chi connectivity index (χ4v) is 3.76. The van der Waals surface area contributed by atoms with E-state index >= 15 is 0 Å². The standard InChI is InChI=1S/C22H19ClO3S/c1-15-7-10-19(11-8-15)27-21(22(24)25)14-16-13-17(23)9-12-20(16)26-18-5-3-2-4-6-18/h2-13,21H,14H2,1H3,(H,24,25)/t21-/m1/s1. The molecule has 0 aliphatic carbocycles. The van der Waals surface area contributed by atoms with Crippen molar-refractivity contribution in [1.29, 1.82) is 0 Å². The third-order valence-electron chi connectivity index (χ3n) is 3.97. The summed E-state index contributed by atoms with van der Waals surface area (Å²) in [5.74, 6) is 0.437. The lowest BCUT2D eigenvalue weighted by molar-refractivity contribution is -0.136. The third kappa shape index (κ3) is 5.52. The third-order valence-corrected chi connectivity index (χ3v) is 5.41. The van der Waals surface area contributed by atoms with Crippen LogP contribution >= 0.6 is 23.4 Å². The molecule has 3 aromatic rings. The Morgan fingerprint density at radius 3 is 2.44 bits per heavy atom. The number of rotatable bonds is 7. The van der Waals surface area contributed by atoms with Crippen LogP contribution in [0.2, 0.25) is 5.02 Å². The summed E-state index contributed by atoms with van der Waals surface area (Å²) in [6.07, 6.45) is 0.302. The van der Waals surface area contributed by atoms with Gasteiger partial charge in [-0.05, 0) is 61.4 Å². The summed E-state index contributed by atoms with van der Waals surface area (Å²) in [7, 11) is 0. The molecule has 0 heterocycles. The quantitative estimate of drug-likeness (QED) is 0.479.